The summed E-state index contributed by atoms with van der Waals surface area (Å²) in [5.74, 6) is 0.733. The normalized spacial score (nSPS) is 10.7. The summed E-state index contributed by atoms with van der Waals surface area (Å²) in [6.07, 6.45) is 0. The number of hydrogen-bond donors (Lipinski definition) is 1. The Labute approximate surface area is 115 Å². The van der Waals surface area contributed by atoms with Crippen LogP contribution < -0.4 is 10.5 Å². The number of nitrogen functional groups attached to an aromatic ring is 1. The molecule has 5 heteroatoms. The molecule has 0 aliphatic rings. The minimum Gasteiger partial charge on any atom is -0.485 e. The molecule has 1 aromatic heterocycles. The third-order valence-electron chi connectivity index (χ3n) is 2.73. The molecule has 2 rings (SSSR count). The van der Waals surface area contributed by atoms with Crippen molar-refractivity contribution in [2.24, 2.45) is 7.05 Å². The highest BCUT2D eigenvalue weighted by Crippen LogP contribution is 2.30. The number of hydrogen-bond acceptors (Lipinski definition) is 3. The molecule has 2 N–H and O–H groups in total. The van der Waals surface area contributed by atoms with Gasteiger partial charge in [-0.3, -0.25) is 4.68 Å². The van der Waals surface area contributed by atoms with Crippen LogP contribution in [0.3, 0.4) is 0 Å². The van der Waals surface area contributed by atoms with Crippen molar-refractivity contribution in [2.75, 3.05) is 5.73 Å². The molecule has 0 saturated carbocycles. The molecule has 0 amide bonds. The van der Waals surface area contributed by atoms with Crippen molar-refractivity contribution in [1.82, 2.24) is 9.78 Å². The monoisotopic (exact) mass is 309 g/mol. The number of aryl methyl sites for hydroxylation is 3. The first-order valence-corrected chi connectivity index (χ1v) is 6.44. The molecule has 0 aliphatic carbocycles. The molecule has 0 fully saturated rings. The summed E-state index contributed by atoms with van der Waals surface area (Å²) >= 11 is 3.41. The summed E-state index contributed by atoms with van der Waals surface area (Å²) in [6.45, 7) is 4.40. The molecule has 1 aromatic carbocycles. The molecule has 1 heterocycles. The Balaban J connectivity index is 2.18. The van der Waals surface area contributed by atoms with E-state index in [1.807, 2.05) is 43.8 Å². The molecule has 4 nitrogen and oxygen atoms in total. The number of ether oxygens (including phenoxy) is 1. The van der Waals surface area contributed by atoms with Gasteiger partial charge in [0.05, 0.1) is 17.1 Å². The zero-order chi connectivity index (χ0) is 13.3. The van der Waals surface area contributed by atoms with Crippen molar-refractivity contribution in [3.05, 3.63) is 39.6 Å². The first kappa shape index (κ1) is 13.0. The molecular weight excluding hydrogens is 294 g/mol. The average Bonchev–Trinajstić information content (AvgIpc) is 2.55. The van der Waals surface area contributed by atoms with Crippen LogP contribution >= 0.6 is 15.9 Å². The smallest absolute Gasteiger partial charge is 0.145 e. The summed E-state index contributed by atoms with van der Waals surface area (Å²) in [4.78, 5) is 0. The quantitative estimate of drug-likeness (QED) is 0.887. The van der Waals surface area contributed by atoms with Crippen LogP contribution in [0.5, 0.6) is 5.75 Å². The van der Waals surface area contributed by atoms with E-state index in [0.29, 0.717) is 12.3 Å². The highest BCUT2D eigenvalue weighted by atomic mass is 79.9. The van der Waals surface area contributed by atoms with Crippen molar-refractivity contribution in [2.45, 2.75) is 20.5 Å². The van der Waals surface area contributed by atoms with E-state index < -0.39 is 0 Å². The van der Waals surface area contributed by atoms with Gasteiger partial charge in [0.1, 0.15) is 12.4 Å². The van der Waals surface area contributed by atoms with Crippen LogP contribution in [0.15, 0.2) is 22.7 Å². The summed E-state index contributed by atoms with van der Waals surface area (Å²) in [5.41, 5.74) is 9.61. The van der Waals surface area contributed by atoms with Gasteiger partial charge >= 0.3 is 0 Å². The topological polar surface area (TPSA) is 53.1 Å². The highest BCUT2D eigenvalue weighted by Gasteiger charge is 2.08. The highest BCUT2D eigenvalue weighted by molar-refractivity contribution is 9.10. The maximum Gasteiger partial charge on any atom is 0.145 e. The number of anilines is 1. The Hall–Kier alpha value is -1.49. The number of benzene rings is 1. The first-order chi connectivity index (χ1) is 8.47. The lowest BCUT2D eigenvalue weighted by atomic mass is 10.2. The van der Waals surface area contributed by atoms with Crippen molar-refractivity contribution in [3.8, 4) is 5.75 Å². The van der Waals surface area contributed by atoms with E-state index in [-0.39, 0.29) is 0 Å². The minimum absolute atomic E-state index is 0.462. The van der Waals surface area contributed by atoms with Crippen LogP contribution in [0.25, 0.3) is 0 Å². The van der Waals surface area contributed by atoms with Gasteiger partial charge in [0, 0.05) is 11.5 Å². The van der Waals surface area contributed by atoms with Gasteiger partial charge in [-0.2, -0.15) is 5.10 Å². The van der Waals surface area contributed by atoms with Crippen molar-refractivity contribution >= 4 is 21.6 Å². The fourth-order valence-corrected chi connectivity index (χ4v) is 2.49. The van der Waals surface area contributed by atoms with E-state index in [2.05, 4.69) is 21.0 Å². The number of nitrogens with two attached hydrogens (primary N) is 1. The molecule has 0 aliphatic heterocycles. The van der Waals surface area contributed by atoms with Crippen molar-refractivity contribution in [3.63, 3.8) is 0 Å². The summed E-state index contributed by atoms with van der Waals surface area (Å²) in [7, 11) is 1.91. The Kier molecular flexibility index (Phi) is 3.61. The number of nitrogens with zero attached hydrogens (tertiary/aromatic N) is 2. The van der Waals surface area contributed by atoms with Crippen molar-refractivity contribution in [1.29, 1.82) is 0 Å². The number of rotatable bonds is 3. The molecule has 0 radical (unpaired) electrons. The molecule has 0 atom stereocenters. The van der Waals surface area contributed by atoms with Gasteiger partial charge in [-0.1, -0.05) is 15.9 Å². The van der Waals surface area contributed by atoms with Crippen LogP contribution in [0, 0.1) is 13.8 Å². The lowest BCUT2D eigenvalue weighted by molar-refractivity contribution is 0.294. The van der Waals surface area contributed by atoms with E-state index in [9.17, 15) is 0 Å². The van der Waals surface area contributed by atoms with Gasteiger partial charge in [0.2, 0.25) is 0 Å². The van der Waals surface area contributed by atoms with Crippen LogP contribution in [0.1, 0.15) is 17.0 Å². The van der Waals surface area contributed by atoms with Crippen molar-refractivity contribution < 1.29 is 4.74 Å². The van der Waals surface area contributed by atoms with Crippen LogP contribution in [-0.4, -0.2) is 9.78 Å². The first-order valence-electron chi connectivity index (χ1n) is 5.65. The fourth-order valence-electron chi connectivity index (χ4n) is 1.90. The molecule has 2 aromatic rings. The second-order valence-corrected chi connectivity index (χ2v) is 5.25. The third kappa shape index (κ3) is 2.67. The lowest BCUT2D eigenvalue weighted by Crippen LogP contribution is -2.05. The Bertz CT molecular complexity index is 555. The van der Waals surface area contributed by atoms with Gasteiger partial charge in [-0.25, -0.2) is 0 Å². The second-order valence-electron chi connectivity index (χ2n) is 4.33. The van der Waals surface area contributed by atoms with Crippen LogP contribution in [0.4, 0.5) is 5.69 Å². The summed E-state index contributed by atoms with van der Waals surface area (Å²) in [6, 6.07) is 5.83. The van der Waals surface area contributed by atoms with E-state index in [1.165, 1.54) is 0 Å². The second kappa shape index (κ2) is 5.02. The standard InChI is InChI=1S/C13H16BrN3O/c1-8-4-10(14)6-12(15)13(8)18-7-11-5-9(2)16-17(11)3/h4-6H,7,15H2,1-3H3. The predicted molar refractivity (Wildman–Crippen MR) is 75.6 cm³/mol. The Morgan fingerprint density at radius 2 is 2.06 bits per heavy atom. The minimum atomic E-state index is 0.462. The predicted octanol–water partition coefficient (Wildman–Crippen LogP) is 2.96. The molecular formula is C13H16BrN3O. The lowest BCUT2D eigenvalue weighted by Gasteiger charge is -2.12. The largest absolute Gasteiger partial charge is 0.485 e. The number of aromatic nitrogens is 2. The summed E-state index contributed by atoms with van der Waals surface area (Å²) < 4.78 is 8.57. The third-order valence-corrected chi connectivity index (χ3v) is 3.19. The van der Waals surface area contributed by atoms with E-state index >= 15 is 0 Å². The zero-order valence-electron chi connectivity index (χ0n) is 10.7. The van der Waals surface area contributed by atoms with Gasteiger partial charge in [-0.15, -0.1) is 0 Å². The average molecular weight is 310 g/mol. The van der Waals surface area contributed by atoms with Gasteiger partial charge in [-0.05, 0) is 37.6 Å². The fraction of sp³-hybridized carbons (Fsp3) is 0.308. The van der Waals surface area contributed by atoms with E-state index in [4.69, 9.17) is 10.5 Å². The van der Waals surface area contributed by atoms with Crippen LogP contribution in [-0.2, 0) is 13.7 Å². The Morgan fingerprint density at radius 3 is 2.61 bits per heavy atom. The molecule has 96 valence electrons. The van der Waals surface area contributed by atoms with Gasteiger partial charge in [0.15, 0.2) is 0 Å². The summed E-state index contributed by atoms with van der Waals surface area (Å²) in [5, 5.41) is 4.28. The Morgan fingerprint density at radius 1 is 1.33 bits per heavy atom. The molecule has 0 unspecified atom stereocenters. The molecule has 18 heavy (non-hydrogen) atoms. The molecule has 0 spiro atoms. The number of halogens is 1. The molecule has 0 bridgehead atoms. The SMILES string of the molecule is Cc1cc(COc2c(C)cc(Br)cc2N)n(C)n1. The molecule has 0 saturated heterocycles. The zero-order valence-corrected chi connectivity index (χ0v) is 12.3. The van der Waals surface area contributed by atoms with Gasteiger partial charge < -0.3 is 10.5 Å². The van der Waals surface area contributed by atoms with Gasteiger partial charge in [0.25, 0.3) is 0 Å². The van der Waals surface area contributed by atoms with E-state index in [1.54, 1.807) is 0 Å². The maximum atomic E-state index is 5.95. The van der Waals surface area contributed by atoms with E-state index in [0.717, 1.165) is 27.2 Å². The maximum absolute atomic E-state index is 5.95. The van der Waals surface area contributed by atoms with Crippen LogP contribution in [0.2, 0.25) is 0 Å².